The maximum absolute atomic E-state index is 12.9. The molecule has 0 unspecified atom stereocenters. The summed E-state index contributed by atoms with van der Waals surface area (Å²) in [6.45, 7) is 3.35. The average molecular weight is 376 g/mol. The van der Waals surface area contributed by atoms with Crippen molar-refractivity contribution in [2.45, 2.75) is 24.8 Å². The summed E-state index contributed by atoms with van der Waals surface area (Å²) in [6, 6.07) is 14.1. The lowest BCUT2D eigenvalue weighted by atomic mass is 10.2. The van der Waals surface area contributed by atoms with Gasteiger partial charge in [0.25, 0.3) is 15.9 Å². The summed E-state index contributed by atoms with van der Waals surface area (Å²) >= 11 is 0. The van der Waals surface area contributed by atoms with Crippen molar-refractivity contribution in [3.63, 3.8) is 0 Å². The number of esters is 1. The molecular formula is C18H20N2O5S. The summed E-state index contributed by atoms with van der Waals surface area (Å²) in [5.41, 5.74) is 5.72. The number of amides is 1. The SMILES string of the molecule is CCN(c1ccccc1)S(=O)(=O)c1ccc(C(=O)O[C@H](C)C(N)=O)cc1. The third-order valence-electron chi connectivity index (χ3n) is 3.69. The molecule has 0 aliphatic carbocycles. The van der Waals surface area contributed by atoms with Crippen LogP contribution in [0.1, 0.15) is 24.2 Å². The van der Waals surface area contributed by atoms with Crippen molar-refractivity contribution in [2.75, 3.05) is 10.8 Å². The standard InChI is InChI=1S/C18H20N2O5S/c1-3-20(15-7-5-4-6-8-15)26(23,24)16-11-9-14(10-12-16)18(22)25-13(2)17(19)21/h4-13H,3H2,1-2H3,(H2,19,21)/t13-/m1/s1. The largest absolute Gasteiger partial charge is 0.449 e. The molecule has 0 saturated carbocycles. The Kier molecular flexibility index (Phi) is 5.99. The minimum atomic E-state index is -3.78. The van der Waals surface area contributed by atoms with E-state index < -0.39 is 28.0 Å². The Balaban J connectivity index is 2.26. The maximum Gasteiger partial charge on any atom is 0.338 e. The van der Waals surface area contributed by atoms with E-state index in [1.807, 2.05) is 0 Å². The van der Waals surface area contributed by atoms with E-state index in [1.54, 1.807) is 37.3 Å². The van der Waals surface area contributed by atoms with Crippen molar-refractivity contribution in [3.05, 3.63) is 60.2 Å². The van der Waals surface area contributed by atoms with Crippen LogP contribution in [0.3, 0.4) is 0 Å². The first kappa shape index (κ1) is 19.5. The lowest BCUT2D eigenvalue weighted by molar-refractivity contribution is -0.125. The van der Waals surface area contributed by atoms with Crippen molar-refractivity contribution in [3.8, 4) is 0 Å². The predicted octanol–water partition coefficient (Wildman–Crippen LogP) is 1.93. The highest BCUT2D eigenvalue weighted by Gasteiger charge is 2.24. The normalized spacial score (nSPS) is 12.2. The Morgan fingerprint density at radius 2 is 1.65 bits per heavy atom. The molecular weight excluding hydrogens is 356 g/mol. The molecule has 8 heteroatoms. The van der Waals surface area contributed by atoms with Crippen LogP contribution in [0, 0.1) is 0 Å². The molecule has 1 atom stereocenters. The number of nitrogens with zero attached hydrogens (tertiary/aromatic N) is 1. The maximum atomic E-state index is 12.9. The molecule has 2 aromatic rings. The second kappa shape index (κ2) is 8.01. The third-order valence-corrected chi connectivity index (χ3v) is 5.61. The van der Waals surface area contributed by atoms with Gasteiger partial charge < -0.3 is 10.5 Å². The van der Waals surface area contributed by atoms with Crippen molar-refractivity contribution >= 4 is 27.6 Å². The van der Waals surface area contributed by atoms with Crippen LogP contribution in [0.5, 0.6) is 0 Å². The molecule has 0 heterocycles. The summed E-state index contributed by atoms with van der Waals surface area (Å²) in [7, 11) is -3.78. The van der Waals surface area contributed by atoms with E-state index in [9.17, 15) is 18.0 Å². The van der Waals surface area contributed by atoms with Gasteiger partial charge in [0.1, 0.15) is 0 Å². The summed E-state index contributed by atoms with van der Waals surface area (Å²) < 4.78 is 31.9. The smallest absolute Gasteiger partial charge is 0.338 e. The lowest BCUT2D eigenvalue weighted by Crippen LogP contribution is -2.31. The molecule has 0 fully saturated rings. The molecule has 138 valence electrons. The molecule has 1 amide bonds. The minimum absolute atomic E-state index is 0.0442. The second-order valence-corrected chi connectivity index (χ2v) is 7.34. The summed E-state index contributed by atoms with van der Waals surface area (Å²) in [5.74, 6) is -1.52. The molecule has 2 rings (SSSR count). The van der Waals surface area contributed by atoms with Gasteiger partial charge in [-0.15, -0.1) is 0 Å². The topological polar surface area (TPSA) is 107 Å². The van der Waals surface area contributed by atoms with Crippen molar-refractivity contribution in [1.82, 2.24) is 0 Å². The number of hydrogen-bond donors (Lipinski definition) is 1. The Bertz CT molecular complexity index is 880. The van der Waals surface area contributed by atoms with Crippen LogP contribution >= 0.6 is 0 Å². The summed E-state index contributed by atoms with van der Waals surface area (Å²) in [6.07, 6.45) is -1.07. The van der Waals surface area contributed by atoms with E-state index in [0.29, 0.717) is 5.69 Å². The number of hydrogen-bond acceptors (Lipinski definition) is 5. The number of ether oxygens (including phenoxy) is 1. The Hall–Kier alpha value is -2.87. The lowest BCUT2D eigenvalue weighted by Gasteiger charge is -2.23. The number of sulfonamides is 1. The van der Waals surface area contributed by atoms with Gasteiger partial charge in [-0.2, -0.15) is 0 Å². The van der Waals surface area contributed by atoms with E-state index in [1.165, 1.54) is 35.5 Å². The summed E-state index contributed by atoms with van der Waals surface area (Å²) in [4.78, 5) is 22.9. The summed E-state index contributed by atoms with van der Waals surface area (Å²) in [5, 5.41) is 0. The van der Waals surface area contributed by atoms with Gasteiger partial charge in [0.15, 0.2) is 6.10 Å². The highest BCUT2D eigenvalue weighted by atomic mass is 32.2. The fourth-order valence-electron chi connectivity index (χ4n) is 2.26. The first-order valence-corrected chi connectivity index (χ1v) is 9.39. The van der Waals surface area contributed by atoms with Crippen molar-refractivity contribution < 1.29 is 22.7 Å². The molecule has 0 spiro atoms. The highest BCUT2D eigenvalue weighted by Crippen LogP contribution is 2.23. The molecule has 0 aliphatic heterocycles. The molecule has 0 radical (unpaired) electrons. The number of carbonyl (C=O) groups is 2. The number of rotatable bonds is 7. The molecule has 26 heavy (non-hydrogen) atoms. The Morgan fingerprint density at radius 3 is 2.15 bits per heavy atom. The van der Waals surface area contributed by atoms with Crippen LogP contribution in [-0.4, -0.2) is 32.9 Å². The Morgan fingerprint density at radius 1 is 1.08 bits per heavy atom. The number of anilines is 1. The van der Waals surface area contributed by atoms with E-state index in [4.69, 9.17) is 10.5 Å². The zero-order chi connectivity index (χ0) is 19.3. The van der Waals surface area contributed by atoms with Gasteiger partial charge in [0.05, 0.1) is 16.1 Å². The van der Waals surface area contributed by atoms with Crippen molar-refractivity contribution in [1.29, 1.82) is 0 Å². The minimum Gasteiger partial charge on any atom is -0.449 e. The van der Waals surface area contributed by atoms with Crippen LogP contribution in [0.25, 0.3) is 0 Å². The molecule has 0 saturated heterocycles. The van der Waals surface area contributed by atoms with E-state index in [0.717, 1.165) is 0 Å². The highest BCUT2D eigenvalue weighted by molar-refractivity contribution is 7.92. The number of primary amides is 1. The monoisotopic (exact) mass is 376 g/mol. The first-order valence-electron chi connectivity index (χ1n) is 7.95. The number of benzene rings is 2. The molecule has 2 aromatic carbocycles. The van der Waals surface area contributed by atoms with Crippen LogP contribution < -0.4 is 10.0 Å². The molecule has 0 bridgehead atoms. The Labute approximate surface area is 152 Å². The van der Waals surface area contributed by atoms with Crippen LogP contribution in [0.15, 0.2) is 59.5 Å². The van der Waals surface area contributed by atoms with E-state index >= 15 is 0 Å². The van der Waals surface area contributed by atoms with Crippen LogP contribution in [0.4, 0.5) is 5.69 Å². The van der Waals surface area contributed by atoms with Crippen LogP contribution in [0.2, 0.25) is 0 Å². The second-order valence-electron chi connectivity index (χ2n) is 5.48. The van der Waals surface area contributed by atoms with Crippen molar-refractivity contribution in [2.24, 2.45) is 5.73 Å². The molecule has 7 nitrogen and oxygen atoms in total. The van der Waals surface area contributed by atoms with Gasteiger partial charge in [-0.05, 0) is 50.2 Å². The van der Waals surface area contributed by atoms with Gasteiger partial charge in [-0.3, -0.25) is 9.10 Å². The molecule has 0 aliphatic rings. The first-order chi connectivity index (χ1) is 12.3. The fourth-order valence-corrected chi connectivity index (χ4v) is 3.74. The number of nitrogens with two attached hydrogens (primary N) is 1. The van der Waals surface area contributed by atoms with E-state index in [2.05, 4.69) is 0 Å². The van der Waals surface area contributed by atoms with E-state index in [-0.39, 0.29) is 17.0 Å². The predicted molar refractivity (Wildman–Crippen MR) is 97.2 cm³/mol. The van der Waals surface area contributed by atoms with Gasteiger partial charge in [-0.1, -0.05) is 18.2 Å². The van der Waals surface area contributed by atoms with Gasteiger partial charge in [-0.25, -0.2) is 13.2 Å². The number of carbonyl (C=O) groups excluding carboxylic acids is 2. The number of para-hydroxylation sites is 1. The molecule has 2 N–H and O–H groups in total. The quantitative estimate of drug-likeness (QED) is 0.743. The molecule has 0 aromatic heterocycles. The van der Waals surface area contributed by atoms with Gasteiger partial charge in [0, 0.05) is 6.54 Å². The zero-order valence-electron chi connectivity index (χ0n) is 14.5. The average Bonchev–Trinajstić information content (AvgIpc) is 2.63. The van der Waals surface area contributed by atoms with Gasteiger partial charge in [0.2, 0.25) is 0 Å². The fraction of sp³-hybridized carbons (Fsp3) is 0.222. The third kappa shape index (κ3) is 4.20. The van der Waals surface area contributed by atoms with Gasteiger partial charge >= 0.3 is 5.97 Å². The zero-order valence-corrected chi connectivity index (χ0v) is 15.3. The van der Waals surface area contributed by atoms with Crippen LogP contribution in [-0.2, 0) is 19.6 Å².